The molecule has 0 bridgehead atoms. The van der Waals surface area contributed by atoms with E-state index < -0.39 is 0 Å². The van der Waals surface area contributed by atoms with Crippen molar-refractivity contribution >= 4 is 28.6 Å². The van der Waals surface area contributed by atoms with Crippen molar-refractivity contribution in [1.82, 2.24) is 15.0 Å². The van der Waals surface area contributed by atoms with Gasteiger partial charge in [-0.25, -0.2) is 9.97 Å². The summed E-state index contributed by atoms with van der Waals surface area (Å²) in [5.74, 6) is 0.336. The van der Waals surface area contributed by atoms with E-state index in [0.717, 1.165) is 5.03 Å². The molecule has 0 aliphatic carbocycles. The maximum absolute atomic E-state index is 8.97. The van der Waals surface area contributed by atoms with Crippen LogP contribution < -0.4 is 5.73 Å². The first kappa shape index (κ1) is 8.84. The summed E-state index contributed by atoms with van der Waals surface area (Å²) in [7, 11) is 0. The first-order valence-corrected chi connectivity index (χ1v) is 5.06. The molecule has 0 atom stereocenters. The van der Waals surface area contributed by atoms with Crippen LogP contribution in [-0.2, 0) is 0 Å². The Morgan fingerprint density at radius 1 is 1.57 bits per heavy atom. The average Bonchev–Trinajstić information content (AvgIpc) is 2.56. The summed E-state index contributed by atoms with van der Waals surface area (Å²) in [5, 5.41) is 10.3. The molecule has 0 unspecified atom stereocenters. The molecular formula is C8H7N5S. The van der Waals surface area contributed by atoms with Crippen LogP contribution in [0.25, 0.3) is 11.0 Å². The molecule has 0 fully saturated rings. The zero-order valence-electron chi connectivity index (χ0n) is 7.40. The third kappa shape index (κ3) is 1.10. The standard InChI is InChI=1S/C8H7N5S/c1-14-8-4(2-9)5-6(10)11-3-12-7(5)13-8/h3H,1H3,(H3,10,11,12,13). The Labute approximate surface area is 84.3 Å². The predicted molar refractivity (Wildman–Crippen MR) is 54.8 cm³/mol. The summed E-state index contributed by atoms with van der Waals surface area (Å²) < 4.78 is 0. The third-order valence-corrected chi connectivity index (χ3v) is 2.62. The zero-order chi connectivity index (χ0) is 10.1. The van der Waals surface area contributed by atoms with E-state index in [-0.39, 0.29) is 0 Å². The molecule has 2 aromatic heterocycles. The highest BCUT2D eigenvalue weighted by atomic mass is 32.2. The molecule has 3 N–H and O–H groups in total. The number of aromatic nitrogens is 3. The van der Waals surface area contributed by atoms with Crippen LogP contribution in [-0.4, -0.2) is 21.2 Å². The molecule has 70 valence electrons. The number of hydrogen-bond acceptors (Lipinski definition) is 5. The van der Waals surface area contributed by atoms with Crippen LogP contribution >= 0.6 is 11.8 Å². The number of nitrogens with two attached hydrogens (primary N) is 1. The quantitative estimate of drug-likeness (QED) is 0.681. The topological polar surface area (TPSA) is 91.4 Å². The first-order chi connectivity index (χ1) is 6.77. The van der Waals surface area contributed by atoms with Crippen molar-refractivity contribution in [2.24, 2.45) is 0 Å². The number of aromatic amines is 1. The molecule has 0 saturated carbocycles. The second kappa shape index (κ2) is 3.20. The van der Waals surface area contributed by atoms with E-state index in [9.17, 15) is 0 Å². The van der Waals surface area contributed by atoms with E-state index in [1.54, 1.807) is 0 Å². The monoisotopic (exact) mass is 205 g/mol. The van der Waals surface area contributed by atoms with Gasteiger partial charge in [0, 0.05) is 0 Å². The van der Waals surface area contributed by atoms with E-state index in [0.29, 0.717) is 22.4 Å². The van der Waals surface area contributed by atoms with E-state index in [1.807, 2.05) is 6.26 Å². The van der Waals surface area contributed by atoms with E-state index in [2.05, 4.69) is 21.0 Å². The minimum absolute atomic E-state index is 0.336. The number of anilines is 1. The maximum Gasteiger partial charge on any atom is 0.145 e. The summed E-state index contributed by atoms with van der Waals surface area (Å²) in [6, 6.07) is 2.10. The fourth-order valence-corrected chi connectivity index (χ4v) is 1.83. The minimum Gasteiger partial charge on any atom is -0.383 e. The van der Waals surface area contributed by atoms with Crippen molar-refractivity contribution in [2.45, 2.75) is 5.03 Å². The lowest BCUT2D eigenvalue weighted by Crippen LogP contribution is -1.92. The Hall–Kier alpha value is -1.74. The van der Waals surface area contributed by atoms with Crippen LogP contribution in [0.2, 0.25) is 0 Å². The molecule has 0 aliphatic rings. The molecule has 0 amide bonds. The van der Waals surface area contributed by atoms with Gasteiger partial charge in [-0.2, -0.15) is 5.26 Å². The lowest BCUT2D eigenvalue weighted by molar-refractivity contribution is 1.16. The summed E-state index contributed by atoms with van der Waals surface area (Å²) >= 11 is 1.45. The van der Waals surface area contributed by atoms with Crippen molar-refractivity contribution in [1.29, 1.82) is 5.26 Å². The highest BCUT2D eigenvalue weighted by molar-refractivity contribution is 7.98. The predicted octanol–water partition coefficient (Wildman–Crippen LogP) is 1.13. The van der Waals surface area contributed by atoms with Gasteiger partial charge in [0.05, 0.1) is 16.0 Å². The molecule has 0 aliphatic heterocycles. The zero-order valence-corrected chi connectivity index (χ0v) is 8.22. The molecule has 0 spiro atoms. The fourth-order valence-electron chi connectivity index (χ4n) is 1.28. The Balaban J connectivity index is 2.90. The second-order valence-corrected chi connectivity index (χ2v) is 3.44. The molecule has 2 rings (SSSR count). The summed E-state index contributed by atoms with van der Waals surface area (Å²) in [6.45, 7) is 0. The van der Waals surface area contributed by atoms with Crippen molar-refractivity contribution < 1.29 is 0 Å². The van der Waals surface area contributed by atoms with Gasteiger partial charge in [-0.3, -0.25) is 0 Å². The molecule has 6 heteroatoms. The number of hydrogen-bond donors (Lipinski definition) is 2. The SMILES string of the molecule is CSc1[nH]c2ncnc(N)c2c1C#N. The van der Waals surface area contributed by atoms with Crippen LogP contribution in [0.1, 0.15) is 5.56 Å². The smallest absolute Gasteiger partial charge is 0.145 e. The van der Waals surface area contributed by atoms with Gasteiger partial charge in [0.15, 0.2) is 0 Å². The van der Waals surface area contributed by atoms with Crippen molar-refractivity contribution in [3.8, 4) is 6.07 Å². The number of nitriles is 1. The van der Waals surface area contributed by atoms with Gasteiger partial charge >= 0.3 is 0 Å². The molecule has 0 radical (unpaired) electrons. The van der Waals surface area contributed by atoms with Crippen LogP contribution in [0.3, 0.4) is 0 Å². The summed E-state index contributed by atoms with van der Waals surface area (Å²) in [6.07, 6.45) is 3.26. The molecular weight excluding hydrogens is 198 g/mol. The molecule has 0 saturated heterocycles. The largest absolute Gasteiger partial charge is 0.383 e. The number of fused-ring (bicyclic) bond motifs is 1. The molecule has 2 heterocycles. The van der Waals surface area contributed by atoms with Gasteiger partial charge in [-0.05, 0) is 6.26 Å². The Bertz CT molecular complexity index is 524. The first-order valence-electron chi connectivity index (χ1n) is 3.84. The molecule has 14 heavy (non-hydrogen) atoms. The van der Waals surface area contributed by atoms with Crippen molar-refractivity contribution in [2.75, 3.05) is 12.0 Å². The van der Waals surface area contributed by atoms with Gasteiger partial charge in [-0.1, -0.05) is 0 Å². The Morgan fingerprint density at radius 3 is 3.00 bits per heavy atom. The van der Waals surface area contributed by atoms with E-state index in [1.165, 1.54) is 18.1 Å². The number of rotatable bonds is 1. The molecule has 0 aromatic carbocycles. The minimum atomic E-state index is 0.336. The van der Waals surface area contributed by atoms with Crippen LogP contribution in [0.4, 0.5) is 5.82 Å². The molecule has 2 aromatic rings. The number of thioether (sulfide) groups is 1. The lowest BCUT2D eigenvalue weighted by atomic mass is 10.2. The van der Waals surface area contributed by atoms with Crippen molar-refractivity contribution in [3.05, 3.63) is 11.9 Å². The van der Waals surface area contributed by atoms with Crippen LogP contribution in [0.5, 0.6) is 0 Å². The molecule has 5 nitrogen and oxygen atoms in total. The highest BCUT2D eigenvalue weighted by Crippen LogP contribution is 2.28. The average molecular weight is 205 g/mol. The van der Waals surface area contributed by atoms with Gasteiger partial charge in [-0.15, -0.1) is 11.8 Å². The number of nitrogen functional groups attached to an aromatic ring is 1. The van der Waals surface area contributed by atoms with Crippen LogP contribution in [0, 0.1) is 11.3 Å². The fraction of sp³-hybridized carbons (Fsp3) is 0.125. The maximum atomic E-state index is 8.97. The van der Waals surface area contributed by atoms with Gasteiger partial charge in [0.1, 0.15) is 23.9 Å². The van der Waals surface area contributed by atoms with Gasteiger partial charge < -0.3 is 10.7 Å². The lowest BCUT2D eigenvalue weighted by Gasteiger charge is -1.92. The summed E-state index contributed by atoms with van der Waals surface area (Å²) in [4.78, 5) is 10.9. The van der Waals surface area contributed by atoms with Gasteiger partial charge in [0.2, 0.25) is 0 Å². The second-order valence-electron chi connectivity index (χ2n) is 2.63. The number of H-pyrrole nitrogens is 1. The Kier molecular flexibility index (Phi) is 2.02. The number of nitrogens with one attached hydrogen (secondary N) is 1. The normalized spacial score (nSPS) is 10.3. The third-order valence-electron chi connectivity index (χ3n) is 1.90. The summed E-state index contributed by atoms with van der Waals surface area (Å²) in [5.41, 5.74) is 6.80. The van der Waals surface area contributed by atoms with Crippen LogP contribution in [0.15, 0.2) is 11.4 Å². The Morgan fingerprint density at radius 2 is 2.36 bits per heavy atom. The van der Waals surface area contributed by atoms with Gasteiger partial charge in [0.25, 0.3) is 0 Å². The van der Waals surface area contributed by atoms with E-state index >= 15 is 0 Å². The number of nitrogens with zero attached hydrogens (tertiary/aromatic N) is 3. The van der Waals surface area contributed by atoms with Crippen molar-refractivity contribution in [3.63, 3.8) is 0 Å². The van der Waals surface area contributed by atoms with E-state index in [4.69, 9.17) is 11.0 Å². The highest BCUT2D eigenvalue weighted by Gasteiger charge is 2.13.